The fraction of sp³-hybridized carbons (Fsp3) is 0.462. The number of ether oxygens (including phenoxy) is 1. The maximum absolute atomic E-state index is 12.7. The van der Waals surface area contributed by atoms with Gasteiger partial charge in [-0.1, -0.05) is 13.0 Å². The zero-order valence-electron chi connectivity index (χ0n) is 10.4. The van der Waals surface area contributed by atoms with Gasteiger partial charge in [0.2, 0.25) is 5.91 Å². The summed E-state index contributed by atoms with van der Waals surface area (Å²) in [7, 11) is 0. The van der Waals surface area contributed by atoms with E-state index in [9.17, 15) is 13.6 Å². The van der Waals surface area contributed by atoms with Crippen molar-refractivity contribution in [3.05, 3.63) is 24.3 Å². The van der Waals surface area contributed by atoms with Crippen molar-refractivity contribution < 1.29 is 18.3 Å². The molecule has 1 saturated carbocycles. The SMILES string of the molecule is CCC1(C(=O)Nc2cccc(OC(F)(F)Br)c2)CC1. The molecule has 6 heteroatoms. The third-order valence-corrected chi connectivity index (χ3v) is 3.50. The molecule has 2 rings (SSSR count). The van der Waals surface area contributed by atoms with Gasteiger partial charge in [0.25, 0.3) is 0 Å². The Kier molecular flexibility index (Phi) is 3.80. The van der Waals surface area contributed by atoms with E-state index in [4.69, 9.17) is 0 Å². The van der Waals surface area contributed by atoms with Gasteiger partial charge < -0.3 is 10.1 Å². The van der Waals surface area contributed by atoms with Crippen molar-refractivity contribution in [1.29, 1.82) is 0 Å². The highest BCUT2D eigenvalue weighted by Crippen LogP contribution is 2.49. The van der Waals surface area contributed by atoms with Gasteiger partial charge in [0.05, 0.1) is 0 Å². The van der Waals surface area contributed by atoms with E-state index in [1.165, 1.54) is 12.1 Å². The number of carbonyl (C=O) groups is 1. The lowest BCUT2D eigenvalue weighted by molar-refractivity contribution is -0.121. The Morgan fingerprint density at radius 2 is 2.21 bits per heavy atom. The van der Waals surface area contributed by atoms with Crippen LogP contribution in [-0.4, -0.2) is 10.9 Å². The lowest BCUT2D eigenvalue weighted by atomic mass is 10.0. The molecule has 1 aromatic rings. The summed E-state index contributed by atoms with van der Waals surface area (Å²) >= 11 is 2.10. The number of benzene rings is 1. The Morgan fingerprint density at radius 1 is 1.53 bits per heavy atom. The number of carbonyl (C=O) groups excluding carboxylic acids is 1. The van der Waals surface area contributed by atoms with Gasteiger partial charge in [0.15, 0.2) is 0 Å². The molecule has 0 aliphatic heterocycles. The van der Waals surface area contributed by atoms with Crippen LogP contribution < -0.4 is 10.1 Å². The highest BCUT2D eigenvalue weighted by molar-refractivity contribution is 9.09. The number of halogens is 3. The highest BCUT2D eigenvalue weighted by Gasteiger charge is 2.47. The van der Waals surface area contributed by atoms with Crippen LogP contribution >= 0.6 is 15.9 Å². The molecule has 1 N–H and O–H groups in total. The Bertz CT molecular complexity index is 484. The van der Waals surface area contributed by atoms with E-state index >= 15 is 0 Å². The number of hydrogen-bond acceptors (Lipinski definition) is 2. The first kappa shape index (κ1) is 14.2. The van der Waals surface area contributed by atoms with Crippen LogP contribution in [0.1, 0.15) is 26.2 Å². The van der Waals surface area contributed by atoms with Gasteiger partial charge in [-0.2, -0.15) is 8.78 Å². The number of amides is 1. The van der Waals surface area contributed by atoms with Crippen molar-refractivity contribution >= 4 is 27.5 Å². The van der Waals surface area contributed by atoms with E-state index < -0.39 is 5.02 Å². The van der Waals surface area contributed by atoms with Crippen molar-refractivity contribution in [3.63, 3.8) is 0 Å². The van der Waals surface area contributed by atoms with Crippen molar-refractivity contribution in [3.8, 4) is 5.75 Å². The summed E-state index contributed by atoms with van der Waals surface area (Å²) in [5.74, 6) is -0.0706. The first-order chi connectivity index (χ1) is 8.85. The molecule has 3 nitrogen and oxygen atoms in total. The van der Waals surface area contributed by atoms with E-state index in [1.54, 1.807) is 12.1 Å². The van der Waals surface area contributed by atoms with Crippen LogP contribution in [0.3, 0.4) is 0 Å². The summed E-state index contributed by atoms with van der Waals surface area (Å²) < 4.78 is 29.7. The maximum Gasteiger partial charge on any atom is 0.459 e. The second-order valence-corrected chi connectivity index (χ2v) is 5.59. The minimum Gasteiger partial charge on any atom is -0.424 e. The Labute approximate surface area is 118 Å². The predicted molar refractivity (Wildman–Crippen MR) is 71.5 cm³/mol. The first-order valence-corrected chi connectivity index (χ1v) is 6.81. The summed E-state index contributed by atoms with van der Waals surface area (Å²) in [6.07, 6.45) is 2.55. The summed E-state index contributed by atoms with van der Waals surface area (Å²) in [5, 5.41) is -0.677. The summed E-state index contributed by atoms with van der Waals surface area (Å²) in [5.41, 5.74) is 0.190. The Balaban J connectivity index is 2.05. The molecule has 0 atom stereocenters. The van der Waals surface area contributed by atoms with Crippen molar-refractivity contribution in [2.45, 2.75) is 31.2 Å². The minimum absolute atomic E-state index is 0.0129. The van der Waals surface area contributed by atoms with Crippen LogP contribution in [0, 0.1) is 5.41 Å². The minimum atomic E-state index is -3.42. The van der Waals surface area contributed by atoms with Gasteiger partial charge >= 0.3 is 5.02 Å². The van der Waals surface area contributed by atoms with Gasteiger partial charge in [-0.05, 0) is 31.4 Å². The monoisotopic (exact) mass is 333 g/mol. The molecule has 0 bridgehead atoms. The topological polar surface area (TPSA) is 38.3 Å². The second-order valence-electron chi connectivity index (χ2n) is 4.66. The average Bonchev–Trinajstić information content (AvgIpc) is 3.07. The fourth-order valence-corrected chi connectivity index (χ4v) is 2.11. The van der Waals surface area contributed by atoms with Crippen LogP contribution in [0.5, 0.6) is 5.75 Å². The summed E-state index contributed by atoms with van der Waals surface area (Å²) in [6, 6.07) is 5.97. The molecule has 0 aromatic heterocycles. The molecule has 1 aliphatic rings. The van der Waals surface area contributed by atoms with E-state index in [0.29, 0.717) is 5.69 Å². The molecule has 0 spiro atoms. The first-order valence-electron chi connectivity index (χ1n) is 6.02. The number of rotatable bonds is 5. The molecule has 104 valence electrons. The summed E-state index contributed by atoms with van der Waals surface area (Å²) in [6.45, 7) is 1.97. The molecule has 19 heavy (non-hydrogen) atoms. The Morgan fingerprint density at radius 3 is 2.74 bits per heavy atom. The van der Waals surface area contributed by atoms with Crippen LogP contribution in [0.2, 0.25) is 0 Å². The third-order valence-electron chi connectivity index (χ3n) is 3.34. The molecule has 1 amide bonds. The molecule has 1 aromatic carbocycles. The molecule has 0 radical (unpaired) electrons. The van der Waals surface area contributed by atoms with Gasteiger partial charge in [0.1, 0.15) is 5.75 Å². The molecular weight excluding hydrogens is 320 g/mol. The molecule has 0 unspecified atom stereocenters. The average molecular weight is 334 g/mol. The van der Waals surface area contributed by atoms with Crippen LogP contribution in [-0.2, 0) is 4.79 Å². The summed E-state index contributed by atoms with van der Waals surface area (Å²) in [4.78, 5) is 12.0. The quantitative estimate of drug-likeness (QED) is 0.822. The zero-order valence-corrected chi connectivity index (χ0v) is 12.0. The van der Waals surface area contributed by atoms with Gasteiger partial charge in [-0.25, -0.2) is 0 Å². The number of anilines is 1. The largest absolute Gasteiger partial charge is 0.459 e. The Hall–Kier alpha value is -1.17. The normalized spacial score (nSPS) is 16.8. The molecule has 0 saturated heterocycles. The molecule has 1 fully saturated rings. The van der Waals surface area contributed by atoms with Crippen molar-refractivity contribution in [2.75, 3.05) is 5.32 Å². The van der Waals surface area contributed by atoms with Gasteiger partial charge in [-0.3, -0.25) is 4.79 Å². The highest BCUT2D eigenvalue weighted by atomic mass is 79.9. The smallest absolute Gasteiger partial charge is 0.424 e. The van der Waals surface area contributed by atoms with Gasteiger partial charge in [-0.15, -0.1) is 0 Å². The van der Waals surface area contributed by atoms with E-state index in [1.807, 2.05) is 6.92 Å². The number of nitrogens with one attached hydrogen (secondary N) is 1. The van der Waals surface area contributed by atoms with E-state index in [0.717, 1.165) is 19.3 Å². The number of hydrogen-bond donors (Lipinski definition) is 1. The van der Waals surface area contributed by atoms with Crippen LogP contribution in [0.4, 0.5) is 14.5 Å². The van der Waals surface area contributed by atoms with Crippen molar-refractivity contribution in [2.24, 2.45) is 5.41 Å². The lowest BCUT2D eigenvalue weighted by Crippen LogP contribution is -2.23. The van der Waals surface area contributed by atoms with Gasteiger partial charge in [0, 0.05) is 33.1 Å². The third kappa shape index (κ3) is 3.65. The molecule has 1 aliphatic carbocycles. The molecule has 0 heterocycles. The lowest BCUT2D eigenvalue weighted by Gasteiger charge is -2.15. The standard InChI is InChI=1S/C13H14BrF2NO2/c1-2-12(6-7-12)11(18)17-9-4-3-5-10(8-9)19-13(14,15)16/h3-5,8H,2,6-7H2,1H3,(H,17,18). The number of alkyl halides is 3. The van der Waals surface area contributed by atoms with Crippen LogP contribution in [0.15, 0.2) is 24.3 Å². The maximum atomic E-state index is 12.7. The predicted octanol–water partition coefficient (Wildman–Crippen LogP) is 4.14. The van der Waals surface area contributed by atoms with Crippen molar-refractivity contribution in [1.82, 2.24) is 0 Å². The van der Waals surface area contributed by atoms with Crippen LogP contribution in [0.25, 0.3) is 0 Å². The second kappa shape index (κ2) is 5.07. The molecular formula is C13H14BrF2NO2. The van der Waals surface area contributed by atoms with E-state index in [-0.39, 0.29) is 17.1 Å². The van der Waals surface area contributed by atoms with E-state index in [2.05, 4.69) is 26.0 Å². The zero-order chi connectivity index (χ0) is 14.1. The fourth-order valence-electron chi connectivity index (χ4n) is 1.93.